The summed E-state index contributed by atoms with van der Waals surface area (Å²) >= 11 is 6.15. The number of nitrogens with two attached hydrogens (primary N) is 1. The number of ether oxygens (including phenoxy) is 1. The van der Waals surface area contributed by atoms with Gasteiger partial charge in [0, 0.05) is 43.4 Å². The molecule has 1 aliphatic heterocycles. The first kappa shape index (κ1) is 20.1. The van der Waals surface area contributed by atoms with Gasteiger partial charge in [-0.15, -0.1) is 0 Å². The van der Waals surface area contributed by atoms with Crippen LogP contribution in [0.4, 0.5) is 4.79 Å². The van der Waals surface area contributed by atoms with Gasteiger partial charge in [-0.05, 0) is 43.2 Å². The van der Waals surface area contributed by atoms with Crippen LogP contribution in [-0.2, 0) is 6.54 Å². The van der Waals surface area contributed by atoms with Crippen LogP contribution in [0.25, 0.3) is 0 Å². The van der Waals surface area contributed by atoms with E-state index in [1.54, 1.807) is 4.90 Å². The smallest absolute Gasteiger partial charge is 0.409 e. The van der Waals surface area contributed by atoms with E-state index in [1.165, 1.54) is 18.5 Å². The number of benzene rings is 1. The van der Waals surface area contributed by atoms with Crippen molar-refractivity contribution in [3.8, 4) is 5.75 Å². The fourth-order valence-corrected chi connectivity index (χ4v) is 3.69. The molecule has 28 heavy (non-hydrogen) atoms. The molecule has 1 aromatic carbocycles. The monoisotopic (exact) mass is 402 g/mol. The summed E-state index contributed by atoms with van der Waals surface area (Å²) < 4.78 is 5.38. The Morgan fingerprint density at radius 2 is 2.04 bits per heavy atom. The summed E-state index contributed by atoms with van der Waals surface area (Å²) in [6.45, 7) is 6.77. The minimum absolute atomic E-state index is 0.0196. The normalized spacial score (nSPS) is 17.4. The fourth-order valence-electron chi connectivity index (χ4n) is 3.38. The third kappa shape index (κ3) is 4.99. The summed E-state index contributed by atoms with van der Waals surface area (Å²) in [6.07, 6.45) is 2.25. The van der Waals surface area contributed by atoms with Crippen LogP contribution >= 0.6 is 11.6 Å². The number of piperazine rings is 1. The molecular formula is C20H23ClN4O3. The first-order chi connectivity index (χ1) is 13.3. The maximum atomic E-state index is 12.5. The molecule has 148 valence electrons. The van der Waals surface area contributed by atoms with Crippen molar-refractivity contribution in [1.29, 1.82) is 0 Å². The molecule has 1 saturated heterocycles. The molecule has 0 unspecified atom stereocenters. The van der Waals surface area contributed by atoms with E-state index in [-0.39, 0.29) is 17.4 Å². The molecule has 1 aromatic heterocycles. The van der Waals surface area contributed by atoms with E-state index in [9.17, 15) is 9.59 Å². The van der Waals surface area contributed by atoms with Crippen LogP contribution in [0.5, 0.6) is 5.75 Å². The van der Waals surface area contributed by atoms with E-state index >= 15 is 0 Å². The maximum absolute atomic E-state index is 12.5. The molecule has 0 bridgehead atoms. The number of pyridine rings is 1. The van der Waals surface area contributed by atoms with Crippen LogP contribution in [-0.4, -0.2) is 52.5 Å². The fraction of sp³-hybridized carbons (Fsp3) is 0.350. The highest BCUT2D eigenvalue weighted by Gasteiger charge is 2.29. The number of carbonyl (C=O) groups excluding carboxylic acids is 2. The van der Waals surface area contributed by atoms with Crippen LogP contribution < -0.4 is 10.5 Å². The quantitative estimate of drug-likeness (QED) is 0.849. The van der Waals surface area contributed by atoms with Crippen molar-refractivity contribution in [3.05, 3.63) is 58.4 Å². The number of amides is 2. The van der Waals surface area contributed by atoms with Gasteiger partial charge < -0.3 is 15.4 Å². The van der Waals surface area contributed by atoms with E-state index in [2.05, 4.69) is 16.0 Å². The maximum Gasteiger partial charge on any atom is 0.415 e. The second kappa shape index (κ2) is 8.58. The highest BCUT2D eigenvalue weighted by Crippen LogP contribution is 2.19. The summed E-state index contributed by atoms with van der Waals surface area (Å²) in [7, 11) is 0. The Bertz CT molecular complexity index is 869. The molecule has 0 aliphatic carbocycles. The van der Waals surface area contributed by atoms with Crippen LogP contribution in [0, 0.1) is 6.92 Å². The zero-order chi connectivity index (χ0) is 20.3. The van der Waals surface area contributed by atoms with Crippen molar-refractivity contribution in [2.75, 3.05) is 19.6 Å². The summed E-state index contributed by atoms with van der Waals surface area (Å²) in [5.74, 6) is -0.422. The molecule has 2 N–H and O–H groups in total. The van der Waals surface area contributed by atoms with Crippen molar-refractivity contribution in [3.63, 3.8) is 0 Å². The van der Waals surface area contributed by atoms with Gasteiger partial charge in [0.2, 0.25) is 5.91 Å². The third-order valence-electron chi connectivity index (χ3n) is 4.66. The molecule has 2 amide bonds. The average molecular weight is 403 g/mol. The van der Waals surface area contributed by atoms with E-state index in [0.717, 1.165) is 35.8 Å². The SMILES string of the molecule is Cc1cc(Cl)cc(CN2CCN(C(=O)Oc3cncc(C(N)=O)c3)[C@H](C)C2)c1. The topological polar surface area (TPSA) is 88.8 Å². The molecule has 3 rings (SSSR count). The van der Waals surface area contributed by atoms with Gasteiger partial charge in [-0.2, -0.15) is 0 Å². The predicted molar refractivity (Wildman–Crippen MR) is 106 cm³/mol. The van der Waals surface area contributed by atoms with E-state index in [4.69, 9.17) is 22.1 Å². The highest BCUT2D eigenvalue weighted by molar-refractivity contribution is 6.30. The Hall–Kier alpha value is -2.64. The van der Waals surface area contributed by atoms with Gasteiger partial charge in [-0.25, -0.2) is 4.79 Å². The Kier molecular flexibility index (Phi) is 6.16. The number of hydrogen-bond acceptors (Lipinski definition) is 5. The van der Waals surface area contributed by atoms with Crippen LogP contribution in [0.1, 0.15) is 28.4 Å². The number of halogens is 1. The number of rotatable bonds is 4. The molecule has 7 nitrogen and oxygen atoms in total. The minimum atomic E-state index is -0.622. The van der Waals surface area contributed by atoms with Gasteiger partial charge in [0.1, 0.15) is 0 Å². The van der Waals surface area contributed by atoms with Gasteiger partial charge in [0.25, 0.3) is 0 Å². The zero-order valence-electron chi connectivity index (χ0n) is 15.9. The lowest BCUT2D eigenvalue weighted by molar-refractivity contribution is 0.0751. The number of aryl methyl sites for hydroxylation is 1. The summed E-state index contributed by atoms with van der Waals surface area (Å²) in [4.78, 5) is 31.6. The molecule has 0 spiro atoms. The zero-order valence-corrected chi connectivity index (χ0v) is 16.6. The lowest BCUT2D eigenvalue weighted by Crippen LogP contribution is -2.54. The molecule has 2 heterocycles. The van der Waals surface area contributed by atoms with Crippen molar-refractivity contribution >= 4 is 23.6 Å². The first-order valence-corrected chi connectivity index (χ1v) is 9.41. The van der Waals surface area contributed by atoms with Gasteiger partial charge in [0.05, 0.1) is 11.8 Å². The summed E-state index contributed by atoms with van der Waals surface area (Å²) in [6, 6.07) is 7.42. The lowest BCUT2D eigenvalue weighted by atomic mass is 10.1. The molecular weight excluding hydrogens is 380 g/mol. The minimum Gasteiger partial charge on any atom is -0.409 e. The standard InChI is InChI=1S/C20H23ClN4O3/c1-13-5-15(7-17(21)6-13)12-24-3-4-25(14(2)11-24)20(27)28-18-8-16(19(22)26)9-23-10-18/h5-10,14H,3-4,11-12H2,1-2H3,(H2,22,26)/t14-/m1/s1. The molecule has 2 aromatic rings. The Morgan fingerprint density at radius 1 is 1.25 bits per heavy atom. The van der Waals surface area contributed by atoms with E-state index in [0.29, 0.717) is 6.54 Å². The first-order valence-electron chi connectivity index (χ1n) is 9.03. The van der Waals surface area contributed by atoms with E-state index in [1.807, 2.05) is 26.0 Å². The molecule has 0 saturated carbocycles. The molecule has 1 fully saturated rings. The highest BCUT2D eigenvalue weighted by atomic mass is 35.5. The predicted octanol–water partition coefficient (Wildman–Crippen LogP) is 2.85. The molecule has 8 heteroatoms. The number of nitrogens with zero attached hydrogens (tertiary/aromatic N) is 3. The molecule has 0 radical (unpaired) electrons. The second-order valence-electron chi connectivity index (χ2n) is 7.06. The van der Waals surface area contributed by atoms with Crippen molar-refractivity contribution in [2.45, 2.75) is 26.4 Å². The van der Waals surface area contributed by atoms with Crippen LogP contribution in [0.3, 0.4) is 0 Å². The molecule has 1 atom stereocenters. The van der Waals surface area contributed by atoms with Crippen molar-refractivity contribution < 1.29 is 14.3 Å². The number of aromatic nitrogens is 1. The second-order valence-corrected chi connectivity index (χ2v) is 7.49. The van der Waals surface area contributed by atoms with Crippen LogP contribution in [0.2, 0.25) is 5.02 Å². The van der Waals surface area contributed by atoms with Crippen molar-refractivity contribution in [2.24, 2.45) is 5.73 Å². The van der Waals surface area contributed by atoms with Gasteiger partial charge in [0.15, 0.2) is 5.75 Å². The van der Waals surface area contributed by atoms with Gasteiger partial charge in [-0.3, -0.25) is 14.7 Å². The van der Waals surface area contributed by atoms with Crippen LogP contribution in [0.15, 0.2) is 36.7 Å². The van der Waals surface area contributed by atoms with Gasteiger partial charge >= 0.3 is 6.09 Å². The van der Waals surface area contributed by atoms with Gasteiger partial charge in [-0.1, -0.05) is 17.7 Å². The largest absolute Gasteiger partial charge is 0.415 e. The third-order valence-corrected chi connectivity index (χ3v) is 4.88. The Balaban J connectivity index is 1.59. The Morgan fingerprint density at radius 3 is 2.71 bits per heavy atom. The molecule has 1 aliphatic rings. The number of carbonyl (C=O) groups is 2. The number of hydrogen-bond donors (Lipinski definition) is 1. The lowest BCUT2D eigenvalue weighted by Gasteiger charge is -2.39. The Labute approximate surface area is 169 Å². The van der Waals surface area contributed by atoms with E-state index < -0.39 is 12.0 Å². The average Bonchev–Trinajstić information content (AvgIpc) is 2.61. The summed E-state index contributed by atoms with van der Waals surface area (Å²) in [5.41, 5.74) is 7.71. The van der Waals surface area contributed by atoms with Crippen molar-refractivity contribution in [1.82, 2.24) is 14.8 Å². The number of primary amides is 1. The summed E-state index contributed by atoms with van der Waals surface area (Å²) in [5, 5.41) is 0.733.